The van der Waals surface area contributed by atoms with Gasteiger partial charge in [-0.15, -0.1) is 0 Å². The molecular formula is C11H5Cl2N. The van der Waals surface area contributed by atoms with Crippen molar-refractivity contribution in [2.75, 3.05) is 0 Å². The number of nitrogens with zero attached hydrogens (tertiary/aromatic N) is 1. The van der Waals surface area contributed by atoms with Crippen molar-refractivity contribution < 1.29 is 0 Å². The molecule has 0 aliphatic rings. The summed E-state index contributed by atoms with van der Waals surface area (Å²) in [5, 5.41) is 1.57. The summed E-state index contributed by atoms with van der Waals surface area (Å²) >= 11 is 11.7. The predicted octanol–water partition coefficient (Wildman–Crippen LogP) is 3.66. The van der Waals surface area contributed by atoms with Crippen LogP contribution in [0.15, 0.2) is 18.2 Å². The summed E-state index contributed by atoms with van der Waals surface area (Å²) in [5.41, 5.74) is 1.44. The lowest BCUT2D eigenvalue weighted by Gasteiger charge is -2.06. The minimum absolute atomic E-state index is 0.378. The lowest BCUT2D eigenvalue weighted by atomic mass is 10.1. The standard InChI is InChI=1S/C11H5Cl2N/c1-6-5-9-8(11(13)7(6)2)3-4-10(12)14-9/h1-5H. The molecule has 0 bridgehead atoms. The highest BCUT2D eigenvalue weighted by molar-refractivity contribution is 6.36. The smallest absolute Gasteiger partial charge is 0.129 e. The Kier molecular flexibility index (Phi) is 2.38. The molecule has 68 valence electrons. The summed E-state index contributed by atoms with van der Waals surface area (Å²) in [6.07, 6.45) is 0. The Morgan fingerprint density at radius 1 is 1.14 bits per heavy atom. The second-order valence-electron chi connectivity index (χ2n) is 2.89. The van der Waals surface area contributed by atoms with E-state index in [1.807, 2.05) is 0 Å². The van der Waals surface area contributed by atoms with E-state index in [0.717, 1.165) is 5.39 Å². The molecule has 2 rings (SSSR count). The largest absolute Gasteiger partial charge is 0.236 e. The van der Waals surface area contributed by atoms with Crippen molar-refractivity contribution in [3.63, 3.8) is 0 Å². The Morgan fingerprint density at radius 3 is 2.57 bits per heavy atom. The van der Waals surface area contributed by atoms with E-state index in [0.29, 0.717) is 26.8 Å². The monoisotopic (exact) mass is 221 g/mol. The lowest BCUT2D eigenvalue weighted by molar-refractivity contribution is 1.40. The maximum atomic E-state index is 6.00. The number of hydrogen-bond donors (Lipinski definition) is 0. The van der Waals surface area contributed by atoms with Crippen LogP contribution in [0.2, 0.25) is 10.2 Å². The van der Waals surface area contributed by atoms with Gasteiger partial charge in [-0.05, 0) is 36.2 Å². The maximum Gasteiger partial charge on any atom is 0.129 e. The number of hydrogen-bond acceptors (Lipinski definition) is 1. The first-order valence-electron chi connectivity index (χ1n) is 3.89. The first kappa shape index (κ1) is 9.75. The molecule has 0 spiro atoms. The molecule has 0 atom stereocenters. The fourth-order valence-electron chi connectivity index (χ4n) is 1.24. The van der Waals surface area contributed by atoms with Crippen LogP contribution in [0.25, 0.3) is 10.9 Å². The van der Waals surface area contributed by atoms with Gasteiger partial charge in [0, 0.05) is 12.3 Å². The Balaban J connectivity index is 2.91. The van der Waals surface area contributed by atoms with Crippen molar-refractivity contribution in [1.29, 1.82) is 0 Å². The Bertz CT molecular complexity index is 506. The van der Waals surface area contributed by atoms with E-state index in [9.17, 15) is 0 Å². The minimum Gasteiger partial charge on any atom is -0.236 e. The number of benzene rings is 1. The molecule has 0 aliphatic carbocycles. The summed E-state index contributed by atoms with van der Waals surface area (Å²) in [6.45, 7) is 11.3. The zero-order valence-corrected chi connectivity index (χ0v) is 8.60. The third-order valence-electron chi connectivity index (χ3n) is 1.97. The van der Waals surface area contributed by atoms with Crippen LogP contribution in [0.4, 0.5) is 0 Å². The SMILES string of the molecule is [CH]c1cc2nc(Cl)ccc2c(Cl)c1[CH]. The highest BCUT2D eigenvalue weighted by Crippen LogP contribution is 2.29. The molecule has 0 saturated heterocycles. The van der Waals surface area contributed by atoms with Crippen molar-refractivity contribution in [2.24, 2.45) is 0 Å². The summed E-state index contributed by atoms with van der Waals surface area (Å²) in [6, 6.07) is 5.08. The van der Waals surface area contributed by atoms with E-state index >= 15 is 0 Å². The van der Waals surface area contributed by atoms with Gasteiger partial charge < -0.3 is 0 Å². The highest BCUT2D eigenvalue weighted by Gasteiger charge is 2.07. The summed E-state index contributed by atoms with van der Waals surface area (Å²) in [7, 11) is 0. The first-order valence-corrected chi connectivity index (χ1v) is 4.65. The van der Waals surface area contributed by atoms with Crippen LogP contribution in [0, 0.1) is 13.8 Å². The van der Waals surface area contributed by atoms with Gasteiger partial charge in [0.25, 0.3) is 0 Å². The molecule has 2 aromatic rings. The number of fused-ring (bicyclic) bond motifs is 1. The number of halogens is 2. The number of rotatable bonds is 0. The van der Waals surface area contributed by atoms with Crippen molar-refractivity contribution in [1.82, 2.24) is 4.98 Å². The van der Waals surface area contributed by atoms with E-state index in [2.05, 4.69) is 4.98 Å². The van der Waals surface area contributed by atoms with Crippen molar-refractivity contribution >= 4 is 34.1 Å². The molecule has 1 heterocycles. The predicted molar refractivity (Wildman–Crippen MR) is 58.6 cm³/mol. The number of aromatic nitrogens is 1. The minimum atomic E-state index is 0.378. The fourth-order valence-corrected chi connectivity index (χ4v) is 1.67. The third kappa shape index (κ3) is 1.47. The topological polar surface area (TPSA) is 12.9 Å². The van der Waals surface area contributed by atoms with Gasteiger partial charge in [0.05, 0.1) is 10.5 Å². The van der Waals surface area contributed by atoms with Crippen LogP contribution in [-0.4, -0.2) is 4.98 Å². The Labute approximate surface area is 92.7 Å². The molecule has 0 fully saturated rings. The van der Waals surface area contributed by atoms with Crippen molar-refractivity contribution in [3.05, 3.63) is 53.3 Å². The molecule has 0 saturated carbocycles. The van der Waals surface area contributed by atoms with E-state index in [-0.39, 0.29) is 0 Å². The van der Waals surface area contributed by atoms with E-state index in [1.54, 1.807) is 18.2 Å². The zero-order chi connectivity index (χ0) is 10.3. The first-order chi connectivity index (χ1) is 6.59. The maximum absolute atomic E-state index is 6.00. The van der Waals surface area contributed by atoms with Gasteiger partial charge in [-0.25, -0.2) is 4.98 Å². The van der Waals surface area contributed by atoms with E-state index < -0.39 is 0 Å². The molecule has 0 amide bonds. The second kappa shape index (κ2) is 3.41. The van der Waals surface area contributed by atoms with Gasteiger partial charge in [-0.2, -0.15) is 0 Å². The Morgan fingerprint density at radius 2 is 1.86 bits per heavy atom. The Hall–Kier alpha value is -0.790. The van der Waals surface area contributed by atoms with Gasteiger partial charge >= 0.3 is 0 Å². The molecule has 1 aromatic carbocycles. The highest BCUT2D eigenvalue weighted by atomic mass is 35.5. The average Bonchev–Trinajstić information content (AvgIpc) is 2.14. The quantitative estimate of drug-likeness (QED) is 0.620. The second-order valence-corrected chi connectivity index (χ2v) is 3.66. The van der Waals surface area contributed by atoms with Crippen LogP contribution >= 0.6 is 23.2 Å². The average molecular weight is 222 g/mol. The van der Waals surface area contributed by atoms with E-state index in [4.69, 9.17) is 37.0 Å². The van der Waals surface area contributed by atoms with Crippen molar-refractivity contribution in [2.45, 2.75) is 0 Å². The summed E-state index contributed by atoms with van der Waals surface area (Å²) < 4.78 is 0. The molecule has 0 aliphatic heterocycles. The molecule has 14 heavy (non-hydrogen) atoms. The van der Waals surface area contributed by atoms with Crippen LogP contribution in [-0.2, 0) is 0 Å². The fraction of sp³-hybridized carbons (Fsp3) is 0. The molecule has 4 radical (unpaired) electrons. The molecule has 1 nitrogen and oxygen atoms in total. The van der Waals surface area contributed by atoms with Gasteiger partial charge in [0.2, 0.25) is 0 Å². The summed E-state index contributed by atoms with van der Waals surface area (Å²) in [5.74, 6) is 0. The van der Waals surface area contributed by atoms with E-state index in [1.165, 1.54) is 0 Å². The van der Waals surface area contributed by atoms with Crippen LogP contribution < -0.4 is 0 Å². The van der Waals surface area contributed by atoms with Crippen LogP contribution in [0.3, 0.4) is 0 Å². The van der Waals surface area contributed by atoms with Crippen molar-refractivity contribution in [3.8, 4) is 0 Å². The zero-order valence-electron chi connectivity index (χ0n) is 7.09. The molecule has 0 N–H and O–H groups in total. The van der Waals surface area contributed by atoms with Gasteiger partial charge in [-0.1, -0.05) is 23.2 Å². The molecule has 0 unspecified atom stereocenters. The lowest BCUT2D eigenvalue weighted by Crippen LogP contribution is -1.87. The molecular weight excluding hydrogens is 217 g/mol. The normalized spacial score (nSPS) is 10.9. The van der Waals surface area contributed by atoms with Gasteiger partial charge in [-0.3, -0.25) is 0 Å². The molecule has 1 aromatic heterocycles. The molecule has 3 heteroatoms. The van der Waals surface area contributed by atoms with Gasteiger partial charge in [0.1, 0.15) is 5.15 Å². The summed E-state index contributed by atoms with van der Waals surface area (Å²) in [4.78, 5) is 4.08. The third-order valence-corrected chi connectivity index (χ3v) is 2.58. The number of pyridine rings is 1. The van der Waals surface area contributed by atoms with Crippen LogP contribution in [0.5, 0.6) is 0 Å². The van der Waals surface area contributed by atoms with Gasteiger partial charge in [0.15, 0.2) is 0 Å². The van der Waals surface area contributed by atoms with Crippen LogP contribution in [0.1, 0.15) is 11.1 Å².